The second-order valence-electron chi connectivity index (χ2n) is 7.05. The van der Waals surface area contributed by atoms with E-state index in [1.165, 1.54) is 0 Å². The zero-order valence-corrected chi connectivity index (χ0v) is 16.3. The van der Waals surface area contributed by atoms with E-state index in [-0.39, 0.29) is 17.0 Å². The van der Waals surface area contributed by atoms with Crippen LogP contribution in [0.3, 0.4) is 0 Å². The molecule has 0 unspecified atom stereocenters. The van der Waals surface area contributed by atoms with E-state index in [1.54, 1.807) is 22.5 Å². The van der Waals surface area contributed by atoms with Crippen molar-refractivity contribution in [1.82, 2.24) is 14.2 Å². The van der Waals surface area contributed by atoms with Crippen LogP contribution in [0.2, 0.25) is 0 Å². The molecule has 2 aliphatic rings. The number of aromatic nitrogens is 1. The third-order valence-electron chi connectivity index (χ3n) is 5.41. The SMILES string of the molecule is CCN1[C@@H]2CCN(Cc3ccccn3)CC[C@H]2Oc2ccccc2S1(=O)=O. The molecule has 3 heterocycles. The van der Waals surface area contributed by atoms with Crippen molar-refractivity contribution in [3.8, 4) is 5.75 Å². The maximum absolute atomic E-state index is 13.2. The molecular formula is C20H25N3O3S. The van der Waals surface area contributed by atoms with Crippen LogP contribution >= 0.6 is 0 Å². The topological polar surface area (TPSA) is 62.7 Å². The number of pyridine rings is 1. The van der Waals surface area contributed by atoms with Crippen molar-refractivity contribution in [2.75, 3.05) is 19.6 Å². The van der Waals surface area contributed by atoms with Crippen LogP contribution in [0.15, 0.2) is 53.6 Å². The fourth-order valence-corrected chi connectivity index (χ4v) is 5.90. The van der Waals surface area contributed by atoms with Gasteiger partial charge in [0.1, 0.15) is 16.7 Å². The van der Waals surface area contributed by atoms with Gasteiger partial charge in [-0.1, -0.05) is 25.1 Å². The van der Waals surface area contributed by atoms with Gasteiger partial charge in [0, 0.05) is 32.4 Å². The molecule has 1 aromatic carbocycles. The quantitative estimate of drug-likeness (QED) is 0.810. The fourth-order valence-electron chi connectivity index (χ4n) is 4.09. The van der Waals surface area contributed by atoms with Gasteiger partial charge in [-0.3, -0.25) is 9.88 Å². The predicted octanol–water partition coefficient (Wildman–Crippen LogP) is 2.52. The van der Waals surface area contributed by atoms with Crippen LogP contribution in [0.1, 0.15) is 25.5 Å². The summed E-state index contributed by atoms with van der Waals surface area (Å²) in [5.74, 6) is 0.474. The van der Waals surface area contributed by atoms with Gasteiger partial charge in [0.25, 0.3) is 0 Å². The van der Waals surface area contributed by atoms with Gasteiger partial charge in [0.2, 0.25) is 10.0 Å². The molecule has 0 N–H and O–H groups in total. The molecule has 1 saturated heterocycles. The summed E-state index contributed by atoms with van der Waals surface area (Å²) in [4.78, 5) is 7.04. The fraction of sp³-hybridized carbons (Fsp3) is 0.450. The van der Waals surface area contributed by atoms with E-state index in [0.717, 1.165) is 38.2 Å². The molecule has 2 aromatic rings. The van der Waals surface area contributed by atoms with Crippen LogP contribution in [-0.4, -0.2) is 54.4 Å². The number of likely N-dealkylation sites (tertiary alicyclic amines) is 1. The predicted molar refractivity (Wildman–Crippen MR) is 103 cm³/mol. The third kappa shape index (κ3) is 3.59. The Labute approximate surface area is 160 Å². The lowest BCUT2D eigenvalue weighted by Gasteiger charge is -2.30. The minimum Gasteiger partial charge on any atom is -0.487 e. The van der Waals surface area contributed by atoms with Crippen molar-refractivity contribution in [2.45, 2.75) is 43.4 Å². The van der Waals surface area contributed by atoms with Gasteiger partial charge in [-0.25, -0.2) is 8.42 Å². The Bertz CT molecular complexity index is 888. The minimum absolute atomic E-state index is 0.142. The summed E-state index contributed by atoms with van der Waals surface area (Å²) in [6.45, 7) is 4.80. The number of likely N-dealkylation sites (N-methyl/N-ethyl adjacent to an activating group) is 1. The molecule has 144 valence electrons. The van der Waals surface area contributed by atoms with E-state index >= 15 is 0 Å². The van der Waals surface area contributed by atoms with Gasteiger partial charge in [-0.2, -0.15) is 4.31 Å². The molecule has 27 heavy (non-hydrogen) atoms. The first-order valence-electron chi connectivity index (χ1n) is 9.49. The zero-order valence-electron chi connectivity index (χ0n) is 15.5. The third-order valence-corrected chi connectivity index (χ3v) is 7.45. The van der Waals surface area contributed by atoms with Gasteiger partial charge < -0.3 is 4.74 Å². The lowest BCUT2D eigenvalue weighted by atomic mass is 10.1. The Hall–Kier alpha value is -1.96. The number of rotatable bonds is 3. The normalized spacial score (nSPS) is 25.5. The van der Waals surface area contributed by atoms with E-state index in [1.807, 2.05) is 37.4 Å². The number of ether oxygens (including phenoxy) is 1. The average Bonchev–Trinajstić information content (AvgIpc) is 2.91. The molecule has 0 amide bonds. The van der Waals surface area contributed by atoms with Crippen LogP contribution in [0, 0.1) is 0 Å². The highest BCUT2D eigenvalue weighted by molar-refractivity contribution is 7.89. The van der Waals surface area contributed by atoms with Crippen molar-refractivity contribution >= 4 is 10.0 Å². The second kappa shape index (κ2) is 7.58. The maximum atomic E-state index is 13.2. The second-order valence-corrected chi connectivity index (χ2v) is 8.91. The van der Waals surface area contributed by atoms with Crippen LogP contribution in [-0.2, 0) is 16.6 Å². The summed E-state index contributed by atoms with van der Waals surface area (Å²) in [5.41, 5.74) is 1.03. The van der Waals surface area contributed by atoms with Gasteiger partial charge >= 0.3 is 0 Å². The molecule has 1 fully saturated rings. The first-order valence-corrected chi connectivity index (χ1v) is 10.9. The molecule has 0 bridgehead atoms. The Morgan fingerprint density at radius 3 is 2.67 bits per heavy atom. The van der Waals surface area contributed by atoms with Crippen molar-refractivity contribution in [1.29, 1.82) is 0 Å². The maximum Gasteiger partial charge on any atom is 0.247 e. The first-order chi connectivity index (χ1) is 13.1. The van der Waals surface area contributed by atoms with Crippen molar-refractivity contribution in [3.05, 3.63) is 54.4 Å². The monoisotopic (exact) mass is 387 g/mol. The van der Waals surface area contributed by atoms with Gasteiger partial charge in [0.05, 0.1) is 11.7 Å². The molecule has 7 heteroatoms. The molecule has 2 atom stereocenters. The summed E-state index contributed by atoms with van der Waals surface area (Å²) in [7, 11) is -3.55. The number of hydrogen-bond acceptors (Lipinski definition) is 5. The van der Waals surface area contributed by atoms with Crippen molar-refractivity contribution in [2.24, 2.45) is 0 Å². The number of fused-ring (bicyclic) bond motifs is 2. The molecule has 1 aromatic heterocycles. The average molecular weight is 388 g/mol. The summed E-state index contributed by atoms with van der Waals surface area (Å²) >= 11 is 0. The highest BCUT2D eigenvalue weighted by atomic mass is 32.2. The molecule has 0 radical (unpaired) electrons. The minimum atomic E-state index is -3.55. The zero-order chi connectivity index (χ0) is 18.9. The summed E-state index contributed by atoms with van der Waals surface area (Å²) in [6, 6.07) is 12.8. The smallest absolute Gasteiger partial charge is 0.247 e. The van der Waals surface area contributed by atoms with E-state index in [2.05, 4.69) is 9.88 Å². The molecule has 6 nitrogen and oxygen atoms in total. The molecule has 0 saturated carbocycles. The number of para-hydroxylation sites is 1. The summed E-state index contributed by atoms with van der Waals surface area (Å²) < 4.78 is 34.3. The van der Waals surface area contributed by atoms with Crippen molar-refractivity contribution < 1.29 is 13.2 Å². The van der Waals surface area contributed by atoms with E-state index in [0.29, 0.717) is 12.3 Å². The molecule has 0 aliphatic carbocycles. The van der Waals surface area contributed by atoms with Gasteiger partial charge in [-0.05, 0) is 37.1 Å². The Balaban J connectivity index is 1.61. The standard InChI is InChI=1S/C20H25N3O3S/c1-2-23-17-10-13-22(15-16-7-5-6-12-21-16)14-11-18(17)26-19-8-3-4-9-20(19)27(23,24)25/h3-9,12,17-18H,2,10-11,13-15H2,1H3/t17-,18-/m1/s1. The largest absolute Gasteiger partial charge is 0.487 e. The Kier molecular flexibility index (Phi) is 5.16. The van der Waals surface area contributed by atoms with Crippen LogP contribution < -0.4 is 4.74 Å². The molecular weight excluding hydrogens is 362 g/mol. The molecule has 4 rings (SSSR count). The lowest BCUT2D eigenvalue weighted by Crippen LogP contribution is -2.46. The number of benzene rings is 1. The summed E-state index contributed by atoms with van der Waals surface area (Å²) in [5, 5.41) is 0. The molecule has 2 aliphatic heterocycles. The number of hydrogen-bond donors (Lipinski definition) is 0. The highest BCUT2D eigenvalue weighted by Gasteiger charge is 2.42. The number of sulfonamides is 1. The highest BCUT2D eigenvalue weighted by Crippen LogP contribution is 2.36. The first kappa shape index (κ1) is 18.4. The van der Waals surface area contributed by atoms with Crippen molar-refractivity contribution in [3.63, 3.8) is 0 Å². The summed E-state index contributed by atoms with van der Waals surface area (Å²) in [6.07, 6.45) is 3.20. The van der Waals surface area contributed by atoms with Gasteiger partial charge in [0.15, 0.2) is 0 Å². The molecule has 0 spiro atoms. The van der Waals surface area contributed by atoms with E-state index in [4.69, 9.17) is 4.74 Å². The van der Waals surface area contributed by atoms with E-state index in [9.17, 15) is 8.42 Å². The van der Waals surface area contributed by atoms with Crippen LogP contribution in [0.5, 0.6) is 5.75 Å². The van der Waals surface area contributed by atoms with Gasteiger partial charge in [-0.15, -0.1) is 0 Å². The lowest BCUT2D eigenvalue weighted by molar-refractivity contribution is 0.115. The Morgan fingerprint density at radius 2 is 1.89 bits per heavy atom. The van der Waals surface area contributed by atoms with Crippen LogP contribution in [0.4, 0.5) is 0 Å². The Morgan fingerprint density at radius 1 is 1.11 bits per heavy atom. The number of nitrogens with zero attached hydrogens (tertiary/aromatic N) is 3. The van der Waals surface area contributed by atoms with E-state index < -0.39 is 10.0 Å². The van der Waals surface area contributed by atoms with Crippen LogP contribution in [0.25, 0.3) is 0 Å².